The minimum atomic E-state index is 0.373. The monoisotopic (exact) mass is 203 g/mol. The van der Waals surface area contributed by atoms with E-state index in [0.717, 1.165) is 5.69 Å². The summed E-state index contributed by atoms with van der Waals surface area (Å²) in [6.45, 7) is 4.19. The molecule has 0 aliphatic heterocycles. The maximum atomic E-state index is 5.60. The van der Waals surface area contributed by atoms with Crippen LogP contribution in [0.25, 0.3) is 5.95 Å². The maximum absolute atomic E-state index is 5.60. The van der Waals surface area contributed by atoms with E-state index in [1.54, 1.807) is 23.1 Å². The van der Waals surface area contributed by atoms with Gasteiger partial charge < -0.3 is 5.73 Å². The highest BCUT2D eigenvalue weighted by Gasteiger charge is 2.10. The van der Waals surface area contributed by atoms with E-state index in [-0.39, 0.29) is 0 Å². The largest absolute Gasteiger partial charge is 0.384 e. The molecule has 0 unspecified atom stereocenters. The SMILES string of the molecule is CC(C)c1ccnn1-c1nccc(N)n1. The zero-order valence-corrected chi connectivity index (χ0v) is 8.75. The van der Waals surface area contributed by atoms with Crippen molar-refractivity contribution in [3.63, 3.8) is 0 Å². The maximum Gasteiger partial charge on any atom is 0.252 e. The van der Waals surface area contributed by atoms with E-state index in [9.17, 15) is 0 Å². The fraction of sp³-hybridized carbons (Fsp3) is 0.300. The molecule has 0 saturated heterocycles. The molecule has 2 aromatic heterocycles. The smallest absolute Gasteiger partial charge is 0.252 e. The van der Waals surface area contributed by atoms with Crippen molar-refractivity contribution < 1.29 is 0 Å². The molecule has 2 aromatic rings. The van der Waals surface area contributed by atoms with Crippen LogP contribution in [0.15, 0.2) is 24.5 Å². The zero-order valence-electron chi connectivity index (χ0n) is 8.75. The van der Waals surface area contributed by atoms with Gasteiger partial charge in [-0.3, -0.25) is 0 Å². The first-order chi connectivity index (χ1) is 7.18. The van der Waals surface area contributed by atoms with Gasteiger partial charge in [-0.1, -0.05) is 13.8 Å². The molecule has 0 radical (unpaired) electrons. The Hall–Kier alpha value is -1.91. The van der Waals surface area contributed by atoms with Gasteiger partial charge in [-0.05, 0) is 18.1 Å². The molecule has 2 N–H and O–H groups in total. The van der Waals surface area contributed by atoms with Crippen molar-refractivity contribution in [2.45, 2.75) is 19.8 Å². The molecule has 0 bridgehead atoms. The first-order valence-corrected chi connectivity index (χ1v) is 4.81. The summed E-state index contributed by atoms with van der Waals surface area (Å²) in [5.74, 6) is 1.34. The Kier molecular flexibility index (Phi) is 2.37. The van der Waals surface area contributed by atoms with Crippen molar-refractivity contribution in [1.29, 1.82) is 0 Å². The van der Waals surface area contributed by atoms with E-state index in [2.05, 4.69) is 28.9 Å². The average Bonchev–Trinajstić information content (AvgIpc) is 2.65. The van der Waals surface area contributed by atoms with E-state index < -0.39 is 0 Å². The molecule has 15 heavy (non-hydrogen) atoms. The van der Waals surface area contributed by atoms with Crippen LogP contribution < -0.4 is 5.73 Å². The van der Waals surface area contributed by atoms with Crippen LogP contribution in [0.4, 0.5) is 5.82 Å². The summed E-state index contributed by atoms with van der Waals surface area (Å²) in [6, 6.07) is 3.61. The zero-order chi connectivity index (χ0) is 10.8. The van der Waals surface area contributed by atoms with Gasteiger partial charge in [0.05, 0.1) is 5.69 Å². The van der Waals surface area contributed by atoms with Crippen LogP contribution in [0.2, 0.25) is 0 Å². The van der Waals surface area contributed by atoms with Gasteiger partial charge in [0.15, 0.2) is 0 Å². The highest BCUT2D eigenvalue weighted by molar-refractivity contribution is 5.30. The fourth-order valence-electron chi connectivity index (χ4n) is 1.38. The van der Waals surface area contributed by atoms with E-state index in [1.807, 2.05) is 6.07 Å². The molecular weight excluding hydrogens is 190 g/mol. The van der Waals surface area contributed by atoms with Crippen LogP contribution in [0, 0.1) is 0 Å². The highest BCUT2D eigenvalue weighted by atomic mass is 15.3. The number of hydrogen-bond acceptors (Lipinski definition) is 4. The predicted octanol–water partition coefficient (Wildman–Crippen LogP) is 1.37. The summed E-state index contributed by atoms with van der Waals surface area (Å²) in [5, 5.41) is 4.18. The molecule has 0 aliphatic rings. The number of nitrogens with two attached hydrogens (primary N) is 1. The molecule has 0 saturated carbocycles. The Morgan fingerprint density at radius 2 is 2.07 bits per heavy atom. The van der Waals surface area contributed by atoms with Crippen molar-refractivity contribution in [1.82, 2.24) is 19.7 Å². The van der Waals surface area contributed by atoms with Gasteiger partial charge in [-0.15, -0.1) is 0 Å². The quantitative estimate of drug-likeness (QED) is 0.800. The van der Waals surface area contributed by atoms with Gasteiger partial charge in [0.1, 0.15) is 5.82 Å². The Morgan fingerprint density at radius 3 is 2.73 bits per heavy atom. The highest BCUT2D eigenvalue weighted by Crippen LogP contribution is 2.15. The number of rotatable bonds is 2. The molecule has 0 fully saturated rings. The van der Waals surface area contributed by atoms with Gasteiger partial charge in [0.25, 0.3) is 5.95 Å². The van der Waals surface area contributed by atoms with Crippen molar-refractivity contribution >= 4 is 5.82 Å². The van der Waals surface area contributed by atoms with E-state index in [0.29, 0.717) is 17.7 Å². The summed E-state index contributed by atoms with van der Waals surface area (Å²) in [7, 11) is 0. The van der Waals surface area contributed by atoms with E-state index in [4.69, 9.17) is 5.73 Å². The molecular formula is C10H13N5. The van der Waals surface area contributed by atoms with Gasteiger partial charge >= 0.3 is 0 Å². The summed E-state index contributed by atoms with van der Waals surface area (Å²) in [5.41, 5.74) is 6.67. The molecule has 2 rings (SSSR count). The first kappa shape index (κ1) is 9.64. The molecule has 5 heteroatoms. The molecule has 78 valence electrons. The lowest BCUT2D eigenvalue weighted by Gasteiger charge is -2.08. The Labute approximate surface area is 88.0 Å². The van der Waals surface area contributed by atoms with Crippen molar-refractivity contribution in [3.05, 3.63) is 30.2 Å². The summed E-state index contributed by atoms with van der Waals surface area (Å²) in [4.78, 5) is 8.26. The first-order valence-electron chi connectivity index (χ1n) is 4.81. The number of aromatic nitrogens is 4. The standard InChI is InChI=1S/C10H13N5/c1-7(2)8-3-6-13-15(8)10-12-5-4-9(11)14-10/h3-7H,1-2H3,(H2,11,12,14). The topological polar surface area (TPSA) is 69.6 Å². The minimum absolute atomic E-state index is 0.373. The van der Waals surface area contributed by atoms with Crippen LogP contribution in [0.3, 0.4) is 0 Å². The summed E-state index contributed by atoms with van der Waals surface area (Å²) < 4.78 is 1.71. The van der Waals surface area contributed by atoms with Crippen molar-refractivity contribution in [2.24, 2.45) is 0 Å². The second kappa shape index (κ2) is 3.68. The second-order valence-electron chi connectivity index (χ2n) is 3.60. The lowest BCUT2D eigenvalue weighted by Crippen LogP contribution is -2.08. The van der Waals surface area contributed by atoms with E-state index >= 15 is 0 Å². The van der Waals surface area contributed by atoms with Crippen molar-refractivity contribution in [2.75, 3.05) is 5.73 Å². The number of anilines is 1. The van der Waals surface area contributed by atoms with E-state index in [1.165, 1.54) is 0 Å². The second-order valence-corrected chi connectivity index (χ2v) is 3.60. The summed E-state index contributed by atoms with van der Waals surface area (Å²) >= 11 is 0. The Balaban J connectivity index is 2.49. The lowest BCUT2D eigenvalue weighted by atomic mass is 10.1. The van der Waals surface area contributed by atoms with Gasteiger partial charge in [-0.25, -0.2) is 9.67 Å². The summed E-state index contributed by atoms with van der Waals surface area (Å²) in [6.07, 6.45) is 3.37. The third kappa shape index (κ3) is 1.81. The van der Waals surface area contributed by atoms with Gasteiger partial charge in [0, 0.05) is 12.4 Å². The molecule has 0 atom stereocenters. The predicted molar refractivity (Wildman–Crippen MR) is 57.7 cm³/mol. The van der Waals surface area contributed by atoms with Crippen molar-refractivity contribution in [3.8, 4) is 5.95 Å². The molecule has 0 amide bonds. The number of hydrogen-bond donors (Lipinski definition) is 1. The minimum Gasteiger partial charge on any atom is -0.384 e. The van der Waals surface area contributed by atoms with Crippen LogP contribution in [0.1, 0.15) is 25.5 Å². The van der Waals surface area contributed by atoms with Gasteiger partial charge in [0.2, 0.25) is 0 Å². The van der Waals surface area contributed by atoms with Crippen LogP contribution in [-0.4, -0.2) is 19.7 Å². The molecule has 0 aliphatic carbocycles. The normalized spacial score (nSPS) is 10.9. The molecule has 0 aromatic carbocycles. The fourth-order valence-corrected chi connectivity index (χ4v) is 1.38. The van der Waals surface area contributed by atoms with Crippen LogP contribution >= 0.6 is 0 Å². The Morgan fingerprint density at radius 1 is 1.27 bits per heavy atom. The number of nitrogen functional groups attached to an aromatic ring is 1. The Bertz CT molecular complexity index is 460. The molecule has 5 nitrogen and oxygen atoms in total. The van der Waals surface area contributed by atoms with Crippen LogP contribution in [-0.2, 0) is 0 Å². The third-order valence-electron chi connectivity index (χ3n) is 2.12. The lowest BCUT2D eigenvalue weighted by molar-refractivity contribution is 0.705. The van der Waals surface area contributed by atoms with Crippen LogP contribution in [0.5, 0.6) is 0 Å². The third-order valence-corrected chi connectivity index (χ3v) is 2.12. The number of nitrogens with zero attached hydrogens (tertiary/aromatic N) is 4. The molecule has 0 spiro atoms. The average molecular weight is 203 g/mol. The molecule has 2 heterocycles. The van der Waals surface area contributed by atoms with Gasteiger partial charge in [-0.2, -0.15) is 10.1 Å².